The van der Waals surface area contributed by atoms with E-state index < -0.39 is 0 Å². The van der Waals surface area contributed by atoms with Crippen molar-refractivity contribution >= 4 is 11.9 Å². The van der Waals surface area contributed by atoms with Gasteiger partial charge < -0.3 is 25.0 Å². The molecule has 1 heterocycles. The summed E-state index contributed by atoms with van der Waals surface area (Å²) < 4.78 is 10.5. The Morgan fingerprint density at radius 1 is 1.21 bits per heavy atom. The number of hydrogen-bond donors (Lipinski definition) is 2. The molecule has 0 radical (unpaired) electrons. The van der Waals surface area contributed by atoms with Crippen LogP contribution in [0.15, 0.2) is 24.3 Å². The van der Waals surface area contributed by atoms with E-state index in [-0.39, 0.29) is 35.4 Å². The summed E-state index contributed by atoms with van der Waals surface area (Å²) in [4.78, 5) is 26.7. The molecule has 2 saturated carbocycles. The first-order valence-electron chi connectivity index (χ1n) is 10.5. The molecule has 2 N–H and O–H groups in total. The number of carbonyl (C=O) groups excluding carboxylic acids is 2. The average Bonchev–Trinajstić information content (AvgIpc) is 3.21. The van der Waals surface area contributed by atoms with Crippen LogP contribution >= 0.6 is 0 Å². The number of methoxy groups -OCH3 is 1. The topological polar surface area (TPSA) is 79.9 Å². The Morgan fingerprint density at radius 2 is 1.93 bits per heavy atom. The lowest BCUT2D eigenvalue weighted by Crippen LogP contribution is -2.59. The van der Waals surface area contributed by atoms with Crippen LogP contribution in [0.5, 0.6) is 5.75 Å². The largest absolute Gasteiger partial charge is 0.497 e. The molecule has 1 unspecified atom stereocenters. The molecule has 1 spiro atoms. The maximum atomic E-state index is 12.6. The van der Waals surface area contributed by atoms with E-state index in [9.17, 15) is 9.59 Å². The predicted octanol–water partition coefficient (Wildman–Crippen LogP) is 2.30. The van der Waals surface area contributed by atoms with Crippen molar-refractivity contribution in [1.82, 2.24) is 15.5 Å². The first-order valence-corrected chi connectivity index (χ1v) is 10.5. The molecule has 3 amide bonds. The van der Waals surface area contributed by atoms with Crippen LogP contribution in [0.4, 0.5) is 4.79 Å². The van der Waals surface area contributed by atoms with E-state index in [0.717, 1.165) is 50.0 Å². The summed E-state index contributed by atoms with van der Waals surface area (Å²) >= 11 is 0. The van der Waals surface area contributed by atoms with Crippen LogP contribution in [0.25, 0.3) is 0 Å². The summed E-state index contributed by atoms with van der Waals surface area (Å²) in [7, 11) is 3.54. The molecule has 1 saturated heterocycles. The zero-order chi connectivity index (χ0) is 20.4. The number of nitrogens with zero attached hydrogens (tertiary/aromatic N) is 1. The highest BCUT2D eigenvalue weighted by Gasteiger charge is 2.55. The third-order valence-corrected chi connectivity index (χ3v) is 6.82. The minimum absolute atomic E-state index is 0.131. The van der Waals surface area contributed by atoms with Crippen LogP contribution in [0.1, 0.15) is 37.7 Å². The molecule has 4 rings (SSSR count). The van der Waals surface area contributed by atoms with E-state index in [1.165, 1.54) is 0 Å². The molecule has 0 bridgehead atoms. The van der Waals surface area contributed by atoms with Crippen molar-refractivity contribution in [2.45, 2.75) is 50.7 Å². The lowest BCUT2D eigenvalue weighted by molar-refractivity contribution is -0.150. The van der Waals surface area contributed by atoms with Gasteiger partial charge in [-0.15, -0.1) is 0 Å². The fourth-order valence-electron chi connectivity index (χ4n) is 5.04. The van der Waals surface area contributed by atoms with Gasteiger partial charge in [0, 0.05) is 32.2 Å². The van der Waals surface area contributed by atoms with Gasteiger partial charge >= 0.3 is 6.03 Å². The summed E-state index contributed by atoms with van der Waals surface area (Å²) in [5.41, 5.74) is 1.30. The van der Waals surface area contributed by atoms with Crippen LogP contribution < -0.4 is 15.4 Å². The second-order valence-electron chi connectivity index (χ2n) is 8.85. The summed E-state index contributed by atoms with van der Waals surface area (Å²) in [6, 6.07) is 7.97. The Kier molecular flexibility index (Phi) is 5.67. The SMILES string of the molecule is COc1ccc(CNC(=O)NC2CC3(C2)CC(C(=O)N(C)C2CCOC2)C3)cc1. The van der Waals surface area contributed by atoms with Gasteiger partial charge in [0.15, 0.2) is 0 Å². The van der Waals surface area contributed by atoms with Crippen molar-refractivity contribution in [3.8, 4) is 5.75 Å². The summed E-state index contributed by atoms with van der Waals surface area (Å²) in [6.45, 7) is 1.91. The molecule has 7 nitrogen and oxygen atoms in total. The van der Waals surface area contributed by atoms with Crippen molar-refractivity contribution in [3.63, 3.8) is 0 Å². The van der Waals surface area contributed by atoms with E-state index in [2.05, 4.69) is 10.6 Å². The Bertz CT molecular complexity index is 731. The van der Waals surface area contributed by atoms with Crippen molar-refractivity contribution in [2.75, 3.05) is 27.4 Å². The quantitative estimate of drug-likeness (QED) is 0.767. The monoisotopic (exact) mass is 401 g/mol. The highest BCUT2D eigenvalue weighted by molar-refractivity contribution is 5.80. The molecule has 3 fully saturated rings. The highest BCUT2D eigenvalue weighted by atomic mass is 16.5. The molecule has 1 atom stereocenters. The number of amides is 3. The van der Waals surface area contributed by atoms with Gasteiger partial charge in [-0.25, -0.2) is 4.79 Å². The van der Waals surface area contributed by atoms with E-state index in [4.69, 9.17) is 9.47 Å². The number of nitrogens with one attached hydrogen (secondary N) is 2. The number of ether oxygens (including phenoxy) is 2. The highest BCUT2D eigenvalue weighted by Crippen LogP contribution is 2.59. The zero-order valence-electron chi connectivity index (χ0n) is 17.3. The third kappa shape index (κ3) is 4.34. The molecular formula is C22H31N3O4. The average molecular weight is 402 g/mol. The number of urea groups is 1. The molecule has 29 heavy (non-hydrogen) atoms. The van der Waals surface area contributed by atoms with Gasteiger partial charge in [0.2, 0.25) is 5.91 Å². The Hall–Kier alpha value is -2.28. The molecule has 0 aromatic heterocycles. The van der Waals surface area contributed by atoms with Crippen molar-refractivity contribution in [2.24, 2.45) is 11.3 Å². The summed E-state index contributed by atoms with van der Waals surface area (Å²) in [5, 5.41) is 5.97. The lowest BCUT2D eigenvalue weighted by atomic mass is 9.50. The fourth-order valence-corrected chi connectivity index (χ4v) is 5.04. The van der Waals surface area contributed by atoms with Crippen LogP contribution in [0.2, 0.25) is 0 Å². The van der Waals surface area contributed by atoms with E-state index >= 15 is 0 Å². The Morgan fingerprint density at radius 3 is 2.55 bits per heavy atom. The maximum Gasteiger partial charge on any atom is 0.315 e. The second-order valence-corrected chi connectivity index (χ2v) is 8.85. The first kappa shape index (κ1) is 20.0. The first-order chi connectivity index (χ1) is 14.0. The number of likely N-dealkylation sites (N-methyl/N-ethyl adjacent to an activating group) is 1. The van der Waals surface area contributed by atoms with E-state index in [0.29, 0.717) is 13.2 Å². The van der Waals surface area contributed by atoms with Gasteiger partial charge in [-0.3, -0.25) is 4.79 Å². The molecule has 1 aromatic rings. The van der Waals surface area contributed by atoms with Crippen molar-refractivity contribution in [1.29, 1.82) is 0 Å². The van der Waals surface area contributed by atoms with Gasteiger partial charge in [-0.05, 0) is 55.2 Å². The lowest BCUT2D eigenvalue weighted by Gasteiger charge is -2.57. The van der Waals surface area contributed by atoms with Crippen molar-refractivity contribution in [3.05, 3.63) is 29.8 Å². The Labute approximate surface area is 172 Å². The van der Waals surface area contributed by atoms with Crippen LogP contribution in [0, 0.1) is 11.3 Å². The van der Waals surface area contributed by atoms with Gasteiger partial charge in [-0.1, -0.05) is 12.1 Å². The molecular weight excluding hydrogens is 370 g/mol. The predicted molar refractivity (Wildman–Crippen MR) is 109 cm³/mol. The second kappa shape index (κ2) is 8.22. The summed E-state index contributed by atoms with van der Waals surface area (Å²) in [5.74, 6) is 1.21. The maximum absolute atomic E-state index is 12.6. The smallest absolute Gasteiger partial charge is 0.315 e. The molecule has 1 aromatic carbocycles. The minimum atomic E-state index is -0.131. The standard InChI is InChI=1S/C22H31N3O4/c1-25(18-7-8-29-14-18)20(26)16-9-22(10-16)11-17(12-22)24-21(27)23-13-15-3-5-19(28-2)6-4-15/h3-6,16-18H,7-14H2,1-2H3,(H2,23,24,27). The van der Waals surface area contributed by atoms with Crippen LogP contribution in [-0.4, -0.2) is 56.3 Å². The Balaban J connectivity index is 1.14. The van der Waals surface area contributed by atoms with E-state index in [1.54, 1.807) is 7.11 Å². The van der Waals surface area contributed by atoms with Gasteiger partial charge in [-0.2, -0.15) is 0 Å². The summed E-state index contributed by atoms with van der Waals surface area (Å²) in [6.07, 6.45) is 4.80. The molecule has 2 aliphatic carbocycles. The fraction of sp³-hybridized carbons (Fsp3) is 0.636. The molecule has 1 aliphatic heterocycles. The van der Waals surface area contributed by atoms with Gasteiger partial charge in [0.05, 0.1) is 19.8 Å². The number of benzene rings is 1. The number of carbonyl (C=O) groups is 2. The zero-order valence-corrected chi connectivity index (χ0v) is 17.3. The molecule has 158 valence electrons. The third-order valence-electron chi connectivity index (χ3n) is 6.82. The van der Waals surface area contributed by atoms with Gasteiger partial charge in [0.25, 0.3) is 0 Å². The number of rotatable bonds is 6. The molecule has 3 aliphatic rings. The van der Waals surface area contributed by atoms with Crippen molar-refractivity contribution < 1.29 is 19.1 Å². The minimum Gasteiger partial charge on any atom is -0.497 e. The normalized spacial score (nSPS) is 30.2. The number of hydrogen-bond acceptors (Lipinski definition) is 4. The van der Waals surface area contributed by atoms with Crippen LogP contribution in [-0.2, 0) is 16.1 Å². The van der Waals surface area contributed by atoms with Gasteiger partial charge in [0.1, 0.15) is 5.75 Å². The van der Waals surface area contributed by atoms with E-state index in [1.807, 2.05) is 36.2 Å². The van der Waals surface area contributed by atoms with Crippen LogP contribution in [0.3, 0.4) is 0 Å². The molecule has 7 heteroatoms.